The van der Waals surface area contributed by atoms with Crippen LogP contribution >= 0.6 is 0 Å². The highest BCUT2D eigenvalue weighted by molar-refractivity contribution is 5.85. The first-order valence-corrected chi connectivity index (χ1v) is 7.16. The highest BCUT2D eigenvalue weighted by atomic mass is 16.4. The third kappa shape index (κ3) is 4.97. The molecule has 4 nitrogen and oxygen atoms in total. The molecule has 2 N–H and O–H groups in total. The molecular formula is C19H18N2O2. The Morgan fingerprint density at radius 3 is 2.78 bits per heavy atom. The Hall–Kier alpha value is -3.14. The number of fused-ring (bicyclic) bond motifs is 1. The molecule has 0 aliphatic carbocycles. The number of carbonyl (C=O) groups is 1. The average molecular weight is 306 g/mol. The van der Waals surface area contributed by atoms with E-state index in [1.54, 1.807) is 18.4 Å². The first kappa shape index (κ1) is 16.2. The highest BCUT2D eigenvalue weighted by Crippen LogP contribution is 2.18. The summed E-state index contributed by atoms with van der Waals surface area (Å²) in [6.07, 6.45) is 7.40. The molecule has 0 saturated heterocycles. The Kier molecular flexibility index (Phi) is 5.89. The molecule has 0 atom stereocenters. The zero-order valence-electron chi connectivity index (χ0n) is 12.6. The van der Waals surface area contributed by atoms with Crippen LogP contribution in [0.15, 0.2) is 84.2 Å². The molecule has 0 aliphatic rings. The molecule has 23 heavy (non-hydrogen) atoms. The molecule has 2 aromatic rings. The molecular weight excluding hydrogens is 288 g/mol. The van der Waals surface area contributed by atoms with Crippen molar-refractivity contribution in [1.29, 1.82) is 0 Å². The second kappa shape index (κ2) is 8.34. The van der Waals surface area contributed by atoms with Gasteiger partial charge >= 0.3 is 5.97 Å². The summed E-state index contributed by atoms with van der Waals surface area (Å²) in [4.78, 5) is 14.8. The van der Waals surface area contributed by atoms with Gasteiger partial charge < -0.3 is 10.4 Å². The maximum atomic E-state index is 10.9. The molecule has 2 aromatic carbocycles. The van der Waals surface area contributed by atoms with E-state index < -0.39 is 5.97 Å². The lowest BCUT2D eigenvalue weighted by Crippen LogP contribution is -2.13. The van der Waals surface area contributed by atoms with Crippen LogP contribution < -0.4 is 5.32 Å². The summed E-state index contributed by atoms with van der Waals surface area (Å²) in [5.74, 6) is -1.00. The number of benzene rings is 2. The summed E-state index contributed by atoms with van der Waals surface area (Å²) in [5, 5.41) is 14.4. The third-order valence-electron chi connectivity index (χ3n) is 3.20. The fourth-order valence-corrected chi connectivity index (χ4v) is 2.19. The van der Waals surface area contributed by atoms with E-state index in [0.29, 0.717) is 12.2 Å². The minimum atomic E-state index is -1.00. The molecule has 0 unspecified atom stereocenters. The van der Waals surface area contributed by atoms with Gasteiger partial charge in [0.2, 0.25) is 0 Å². The second-order valence-corrected chi connectivity index (χ2v) is 4.77. The maximum Gasteiger partial charge on any atom is 0.330 e. The van der Waals surface area contributed by atoms with Crippen LogP contribution in [0, 0.1) is 0 Å². The van der Waals surface area contributed by atoms with Crippen LogP contribution in [0.1, 0.15) is 5.56 Å². The summed E-state index contributed by atoms with van der Waals surface area (Å²) >= 11 is 0. The van der Waals surface area contributed by atoms with Gasteiger partial charge in [0.1, 0.15) is 0 Å². The number of allylic oxidation sites excluding steroid dienone is 2. The fourth-order valence-electron chi connectivity index (χ4n) is 2.19. The van der Waals surface area contributed by atoms with Crippen molar-refractivity contribution in [3.8, 4) is 0 Å². The molecule has 2 rings (SSSR count). The van der Waals surface area contributed by atoms with Crippen molar-refractivity contribution >= 4 is 23.0 Å². The number of aliphatic imine (C=N–C) groups is 1. The van der Waals surface area contributed by atoms with Gasteiger partial charge in [0.05, 0.1) is 0 Å². The van der Waals surface area contributed by atoms with Gasteiger partial charge in [-0.05, 0) is 28.5 Å². The normalized spacial score (nSPS) is 12.1. The van der Waals surface area contributed by atoms with E-state index in [0.717, 1.165) is 22.4 Å². The van der Waals surface area contributed by atoms with Crippen molar-refractivity contribution in [2.24, 2.45) is 4.99 Å². The average Bonchev–Trinajstić information content (AvgIpc) is 2.56. The number of aliphatic carboxylic acids is 1. The summed E-state index contributed by atoms with van der Waals surface area (Å²) in [6, 6.07) is 14.2. The van der Waals surface area contributed by atoms with Gasteiger partial charge in [-0.15, -0.1) is 0 Å². The predicted octanol–water partition coefficient (Wildman–Crippen LogP) is 3.67. The topological polar surface area (TPSA) is 61.7 Å². The van der Waals surface area contributed by atoms with Gasteiger partial charge in [0.15, 0.2) is 0 Å². The minimum Gasteiger partial charge on any atom is -0.478 e. The van der Waals surface area contributed by atoms with E-state index in [1.165, 1.54) is 6.20 Å². The molecule has 0 aliphatic heterocycles. The summed E-state index contributed by atoms with van der Waals surface area (Å²) in [6.45, 7) is 4.01. The Balaban J connectivity index is 2.17. The lowest BCUT2D eigenvalue weighted by molar-refractivity contribution is -0.131. The first-order chi connectivity index (χ1) is 11.2. The number of hydrogen-bond acceptors (Lipinski definition) is 3. The third-order valence-corrected chi connectivity index (χ3v) is 3.20. The number of rotatable bonds is 7. The van der Waals surface area contributed by atoms with Crippen LogP contribution in [-0.4, -0.2) is 17.3 Å². The maximum absolute atomic E-state index is 10.9. The van der Waals surface area contributed by atoms with Gasteiger partial charge in [-0.25, -0.2) is 4.79 Å². The molecule has 0 fully saturated rings. The summed E-state index contributed by atoms with van der Waals surface area (Å²) in [7, 11) is 0. The van der Waals surface area contributed by atoms with E-state index in [1.807, 2.05) is 24.3 Å². The zero-order chi connectivity index (χ0) is 16.5. The Morgan fingerprint density at radius 2 is 2.00 bits per heavy atom. The Morgan fingerprint density at radius 1 is 1.22 bits per heavy atom. The van der Waals surface area contributed by atoms with E-state index in [2.05, 4.69) is 35.1 Å². The van der Waals surface area contributed by atoms with Crippen LogP contribution in [0.25, 0.3) is 10.8 Å². The van der Waals surface area contributed by atoms with Crippen LogP contribution in [0.5, 0.6) is 0 Å². The second-order valence-electron chi connectivity index (χ2n) is 4.77. The molecule has 116 valence electrons. The molecule has 0 aromatic heterocycles. The van der Waals surface area contributed by atoms with Crippen molar-refractivity contribution in [3.05, 3.63) is 84.7 Å². The minimum absolute atomic E-state index is 0.501. The number of carboxylic acid groups (broad SMARTS) is 1. The standard InChI is InChI=1S/C19H18N2O2/c1-2-20-12-6-10-17(13-19(22)23)21-14-16-9-5-8-15-7-3-4-11-18(15)16/h2-13,21H,1,14H2,(H,22,23)/b10-6-,17-13-,20-12?. The van der Waals surface area contributed by atoms with Crippen molar-refractivity contribution in [2.75, 3.05) is 0 Å². The van der Waals surface area contributed by atoms with E-state index in [9.17, 15) is 4.79 Å². The van der Waals surface area contributed by atoms with Crippen molar-refractivity contribution in [3.63, 3.8) is 0 Å². The van der Waals surface area contributed by atoms with Crippen LogP contribution in [-0.2, 0) is 11.3 Å². The molecule has 0 radical (unpaired) electrons. The number of hydrogen-bond donors (Lipinski definition) is 2. The zero-order valence-corrected chi connectivity index (χ0v) is 12.6. The van der Waals surface area contributed by atoms with Crippen molar-refractivity contribution < 1.29 is 9.90 Å². The highest BCUT2D eigenvalue weighted by Gasteiger charge is 2.01. The van der Waals surface area contributed by atoms with Crippen molar-refractivity contribution in [1.82, 2.24) is 5.32 Å². The molecule has 0 spiro atoms. The molecule has 4 heteroatoms. The van der Waals surface area contributed by atoms with E-state index >= 15 is 0 Å². The quantitative estimate of drug-likeness (QED) is 0.466. The lowest BCUT2D eigenvalue weighted by Gasteiger charge is -2.09. The monoisotopic (exact) mass is 306 g/mol. The van der Waals surface area contributed by atoms with Crippen LogP contribution in [0.3, 0.4) is 0 Å². The molecule has 0 saturated carbocycles. The van der Waals surface area contributed by atoms with Gasteiger partial charge in [-0.3, -0.25) is 4.99 Å². The number of nitrogens with one attached hydrogen (secondary N) is 1. The predicted molar refractivity (Wildman–Crippen MR) is 94.3 cm³/mol. The fraction of sp³-hybridized carbons (Fsp3) is 0.0526. The number of nitrogens with zero attached hydrogens (tertiary/aromatic N) is 1. The smallest absolute Gasteiger partial charge is 0.330 e. The Bertz CT molecular complexity index is 784. The van der Waals surface area contributed by atoms with Gasteiger partial charge in [-0.1, -0.05) is 49.0 Å². The summed E-state index contributed by atoms with van der Waals surface area (Å²) < 4.78 is 0. The molecule has 0 bridgehead atoms. The van der Waals surface area contributed by atoms with Crippen LogP contribution in [0.2, 0.25) is 0 Å². The number of carboxylic acids is 1. The largest absolute Gasteiger partial charge is 0.478 e. The Labute approximate surface area is 135 Å². The van der Waals surface area contributed by atoms with E-state index in [4.69, 9.17) is 5.11 Å². The summed E-state index contributed by atoms with van der Waals surface area (Å²) in [5.41, 5.74) is 1.61. The van der Waals surface area contributed by atoms with Gasteiger partial charge in [0.25, 0.3) is 0 Å². The lowest BCUT2D eigenvalue weighted by atomic mass is 10.0. The molecule has 0 heterocycles. The van der Waals surface area contributed by atoms with Crippen LogP contribution in [0.4, 0.5) is 0 Å². The van der Waals surface area contributed by atoms with Crippen molar-refractivity contribution in [2.45, 2.75) is 6.54 Å². The molecule has 0 amide bonds. The SMILES string of the molecule is C=CN=C/C=C\C(=C\C(=O)O)NCc1cccc2ccccc12. The van der Waals surface area contributed by atoms with E-state index in [-0.39, 0.29) is 0 Å². The van der Waals surface area contributed by atoms with Gasteiger partial charge in [0, 0.05) is 30.7 Å². The van der Waals surface area contributed by atoms with Gasteiger partial charge in [-0.2, -0.15) is 0 Å². The first-order valence-electron chi connectivity index (χ1n) is 7.16.